The zero-order valence-corrected chi connectivity index (χ0v) is 12.5. The van der Waals surface area contributed by atoms with Crippen LogP contribution in [-0.4, -0.2) is 27.8 Å². The van der Waals surface area contributed by atoms with Gasteiger partial charge in [-0.05, 0) is 33.3 Å². The van der Waals surface area contributed by atoms with Crippen molar-refractivity contribution in [3.63, 3.8) is 0 Å². The monoisotopic (exact) mass is 296 g/mol. The fourth-order valence-corrected chi connectivity index (χ4v) is 1.48. The number of ether oxygens (including phenoxy) is 1. The summed E-state index contributed by atoms with van der Waals surface area (Å²) >= 11 is 0. The molecule has 0 saturated heterocycles. The van der Waals surface area contributed by atoms with E-state index >= 15 is 0 Å². The zero-order chi connectivity index (χ0) is 16.0. The number of aliphatic carboxylic acids is 1. The number of hydrogen-bond acceptors (Lipinski definition) is 5. The highest BCUT2D eigenvalue weighted by atomic mass is 16.6. The summed E-state index contributed by atoms with van der Waals surface area (Å²) in [6.45, 7) is 7.17. The molecule has 0 radical (unpaired) electrons. The van der Waals surface area contributed by atoms with Gasteiger partial charge in [-0.25, -0.2) is 14.6 Å². The molecule has 0 unspecified atom stereocenters. The maximum absolute atomic E-state index is 11.7. The Bertz CT molecular complexity index is 528. The Morgan fingerprint density at radius 1 is 1.52 bits per heavy atom. The first-order valence-electron chi connectivity index (χ1n) is 6.57. The number of hydrogen-bond donors (Lipinski definition) is 2. The van der Waals surface area contributed by atoms with Gasteiger partial charge in [0.1, 0.15) is 23.6 Å². The first-order valence-corrected chi connectivity index (χ1v) is 6.57. The van der Waals surface area contributed by atoms with Crippen LogP contribution in [0.1, 0.15) is 51.7 Å². The van der Waals surface area contributed by atoms with Crippen LogP contribution in [0.3, 0.4) is 0 Å². The predicted molar refractivity (Wildman–Crippen MR) is 75.6 cm³/mol. The van der Waals surface area contributed by atoms with E-state index in [1.165, 1.54) is 12.3 Å². The number of carbonyl (C=O) groups excluding carboxylic acids is 1. The van der Waals surface area contributed by atoms with Gasteiger partial charge < -0.3 is 19.6 Å². The van der Waals surface area contributed by atoms with E-state index in [1.807, 2.05) is 6.92 Å². The number of amides is 1. The third-order valence-corrected chi connectivity index (χ3v) is 2.33. The van der Waals surface area contributed by atoms with Gasteiger partial charge in [-0.1, -0.05) is 6.92 Å². The molecule has 1 atom stereocenters. The Labute approximate surface area is 123 Å². The van der Waals surface area contributed by atoms with Crippen molar-refractivity contribution in [1.82, 2.24) is 10.3 Å². The summed E-state index contributed by atoms with van der Waals surface area (Å²) in [6.07, 6.45) is 3.60. The van der Waals surface area contributed by atoms with Crippen LogP contribution in [0, 0.1) is 0 Å². The molecular weight excluding hydrogens is 276 g/mol. The van der Waals surface area contributed by atoms with Crippen LogP contribution >= 0.6 is 0 Å². The van der Waals surface area contributed by atoms with Gasteiger partial charge in [0.2, 0.25) is 5.89 Å². The molecule has 0 spiro atoms. The van der Waals surface area contributed by atoms with Gasteiger partial charge in [-0.3, -0.25) is 0 Å². The number of aromatic nitrogens is 1. The van der Waals surface area contributed by atoms with E-state index in [4.69, 9.17) is 14.3 Å². The van der Waals surface area contributed by atoms with Gasteiger partial charge in [0, 0.05) is 6.08 Å². The molecule has 1 amide bonds. The van der Waals surface area contributed by atoms with Crippen molar-refractivity contribution < 1.29 is 23.8 Å². The molecule has 0 saturated carbocycles. The quantitative estimate of drug-likeness (QED) is 0.810. The lowest BCUT2D eigenvalue weighted by molar-refractivity contribution is -0.131. The fourth-order valence-electron chi connectivity index (χ4n) is 1.48. The van der Waals surface area contributed by atoms with E-state index in [9.17, 15) is 9.59 Å². The van der Waals surface area contributed by atoms with E-state index in [2.05, 4.69) is 10.3 Å². The first kappa shape index (κ1) is 16.7. The average Bonchev–Trinajstić information content (AvgIpc) is 2.79. The smallest absolute Gasteiger partial charge is 0.408 e. The lowest BCUT2D eigenvalue weighted by atomic mass is 10.2. The summed E-state index contributed by atoms with van der Waals surface area (Å²) in [5.74, 6) is -0.771. The largest absolute Gasteiger partial charge is 0.478 e. The van der Waals surface area contributed by atoms with Crippen LogP contribution in [0.4, 0.5) is 4.79 Å². The highest BCUT2D eigenvalue weighted by Crippen LogP contribution is 2.18. The molecule has 0 aromatic carbocycles. The van der Waals surface area contributed by atoms with Crippen molar-refractivity contribution in [2.45, 2.75) is 45.8 Å². The molecule has 1 rings (SSSR count). The van der Waals surface area contributed by atoms with Crippen molar-refractivity contribution >= 4 is 18.1 Å². The molecule has 1 heterocycles. The molecule has 116 valence electrons. The highest BCUT2D eigenvalue weighted by Gasteiger charge is 2.22. The summed E-state index contributed by atoms with van der Waals surface area (Å²) in [6, 6.07) is -0.438. The van der Waals surface area contributed by atoms with Crippen LogP contribution in [0.25, 0.3) is 6.08 Å². The molecule has 0 bridgehead atoms. The normalized spacial score (nSPS) is 13.1. The SMILES string of the molecule is CC[C@H](NC(=O)OC(C)(C)C)c1nc(/C=C/C(=O)O)co1. The summed E-state index contributed by atoms with van der Waals surface area (Å²) in [5.41, 5.74) is -0.217. The molecule has 0 aliphatic carbocycles. The minimum absolute atomic E-state index is 0.299. The molecule has 2 N–H and O–H groups in total. The van der Waals surface area contributed by atoms with E-state index in [-0.39, 0.29) is 0 Å². The number of nitrogens with one attached hydrogen (secondary N) is 1. The number of carboxylic acid groups (broad SMARTS) is 1. The highest BCUT2D eigenvalue weighted by molar-refractivity contribution is 5.84. The number of rotatable bonds is 5. The molecule has 7 nitrogen and oxygen atoms in total. The predicted octanol–water partition coefficient (Wildman–Crippen LogP) is 2.75. The molecule has 0 fully saturated rings. The van der Waals surface area contributed by atoms with Crippen LogP contribution in [-0.2, 0) is 9.53 Å². The van der Waals surface area contributed by atoms with Crippen molar-refractivity contribution in [3.8, 4) is 0 Å². The van der Waals surface area contributed by atoms with Gasteiger partial charge in [-0.15, -0.1) is 0 Å². The van der Waals surface area contributed by atoms with Gasteiger partial charge in [0.05, 0.1) is 0 Å². The third-order valence-electron chi connectivity index (χ3n) is 2.33. The van der Waals surface area contributed by atoms with Crippen LogP contribution < -0.4 is 5.32 Å². The third kappa shape index (κ3) is 6.11. The van der Waals surface area contributed by atoms with Crippen LogP contribution in [0.15, 0.2) is 16.8 Å². The van der Waals surface area contributed by atoms with E-state index in [0.717, 1.165) is 6.08 Å². The maximum Gasteiger partial charge on any atom is 0.408 e. The number of carboxylic acids is 1. The number of alkyl carbamates (subject to hydrolysis) is 1. The molecule has 21 heavy (non-hydrogen) atoms. The Morgan fingerprint density at radius 2 is 2.19 bits per heavy atom. The minimum atomic E-state index is -1.07. The van der Waals surface area contributed by atoms with Gasteiger partial charge >= 0.3 is 12.1 Å². The Kier molecular flexibility index (Phi) is 5.52. The lowest BCUT2D eigenvalue weighted by Gasteiger charge is -2.21. The maximum atomic E-state index is 11.7. The second kappa shape index (κ2) is 6.92. The van der Waals surface area contributed by atoms with Crippen molar-refractivity contribution in [2.75, 3.05) is 0 Å². The van der Waals surface area contributed by atoms with E-state index in [1.54, 1.807) is 20.8 Å². The molecule has 0 aliphatic rings. The molecule has 1 aromatic rings. The van der Waals surface area contributed by atoms with E-state index < -0.39 is 23.7 Å². The molecular formula is C14H20N2O5. The fraction of sp³-hybridized carbons (Fsp3) is 0.500. The summed E-state index contributed by atoms with van der Waals surface area (Å²) < 4.78 is 10.4. The minimum Gasteiger partial charge on any atom is -0.478 e. The standard InChI is InChI=1S/C14H20N2O5/c1-5-10(16-13(19)21-14(2,3)4)12-15-9(8-20-12)6-7-11(17)18/h6-8,10H,5H2,1-4H3,(H,16,19)(H,17,18)/b7-6+/t10-/m0/s1. The van der Waals surface area contributed by atoms with Crippen molar-refractivity contribution in [2.24, 2.45) is 0 Å². The number of carbonyl (C=O) groups is 2. The van der Waals surface area contributed by atoms with Crippen molar-refractivity contribution in [1.29, 1.82) is 0 Å². The molecule has 0 aliphatic heterocycles. The Balaban J connectivity index is 2.72. The van der Waals surface area contributed by atoms with Gasteiger partial charge in [-0.2, -0.15) is 0 Å². The van der Waals surface area contributed by atoms with Gasteiger partial charge in [0.15, 0.2) is 0 Å². The van der Waals surface area contributed by atoms with Crippen LogP contribution in [0.2, 0.25) is 0 Å². The van der Waals surface area contributed by atoms with E-state index in [0.29, 0.717) is 18.0 Å². The van der Waals surface area contributed by atoms with Crippen molar-refractivity contribution in [3.05, 3.63) is 23.9 Å². The summed E-state index contributed by atoms with van der Waals surface area (Å²) in [4.78, 5) is 26.3. The molecule has 7 heteroatoms. The summed E-state index contributed by atoms with van der Waals surface area (Å²) in [7, 11) is 0. The Morgan fingerprint density at radius 3 is 2.71 bits per heavy atom. The first-order chi connectivity index (χ1) is 9.71. The molecule has 1 aromatic heterocycles. The zero-order valence-electron chi connectivity index (χ0n) is 12.5. The Hall–Kier alpha value is -2.31. The topological polar surface area (TPSA) is 102 Å². The second-order valence-electron chi connectivity index (χ2n) is 5.39. The lowest BCUT2D eigenvalue weighted by Crippen LogP contribution is -2.34. The second-order valence-corrected chi connectivity index (χ2v) is 5.39. The summed E-state index contributed by atoms with van der Waals surface area (Å²) in [5, 5.41) is 11.2. The van der Waals surface area contributed by atoms with Gasteiger partial charge in [0.25, 0.3) is 0 Å². The average molecular weight is 296 g/mol. The number of oxazole rings is 1. The van der Waals surface area contributed by atoms with Crippen LogP contribution in [0.5, 0.6) is 0 Å². The number of nitrogens with zero attached hydrogens (tertiary/aromatic N) is 1.